The molecule has 0 amide bonds. The van der Waals surface area contributed by atoms with Crippen LogP contribution in [-0.4, -0.2) is 115 Å². The quantitative estimate of drug-likeness (QED) is 0.0299. The van der Waals surface area contributed by atoms with Crippen LogP contribution in [0.1, 0.15) is 100 Å². The fraction of sp³-hybridized carbons (Fsp3) is 0.600. The van der Waals surface area contributed by atoms with E-state index in [-0.39, 0.29) is 35.8 Å². The average Bonchev–Trinajstić information content (AvgIpc) is 3.18. The normalized spacial score (nSPS) is 9.60. The molecule has 0 saturated carbocycles. The summed E-state index contributed by atoms with van der Waals surface area (Å²) < 4.78 is 45.2. The fourth-order valence-corrected chi connectivity index (χ4v) is 3.00. The Morgan fingerprint density at radius 3 is 0.500 bits per heavy atom. The summed E-state index contributed by atoms with van der Waals surface area (Å²) in [5, 5.41) is 0. The number of hydrogen-bond acceptors (Lipinski definition) is 15. The van der Waals surface area contributed by atoms with Gasteiger partial charge in [-0.15, -0.1) is 0 Å². The molecule has 0 unspecified atom stereocenters. The molecule has 0 fully saturated rings. The van der Waals surface area contributed by atoms with Gasteiger partial charge in [-0.05, 0) is 41.5 Å². The minimum atomic E-state index is -0.383. The zero-order valence-corrected chi connectivity index (χ0v) is 37.8. The second-order valence-corrected chi connectivity index (χ2v) is 13.2. The van der Waals surface area contributed by atoms with Crippen LogP contribution in [0.3, 0.4) is 0 Å². The van der Waals surface area contributed by atoms with Gasteiger partial charge in [0.2, 0.25) is 0 Å². The summed E-state index contributed by atoms with van der Waals surface area (Å²) in [6.07, 6.45) is 5.03. The molecule has 0 aromatic rings. The highest BCUT2D eigenvalue weighted by molar-refractivity contribution is 5.88. The summed E-state index contributed by atoms with van der Waals surface area (Å²) in [5.74, 6) is -2.30. The number of carbonyl (C=O) groups excluding carboxylic acids is 6. The lowest BCUT2D eigenvalue weighted by atomic mass is 10.3. The Bertz CT molecular complexity index is 1080. The minimum absolute atomic E-state index is 0.316. The van der Waals surface area contributed by atoms with Crippen LogP contribution in [0.5, 0.6) is 0 Å². The Hall–Kier alpha value is -4.86. The van der Waals surface area contributed by atoms with Gasteiger partial charge < -0.3 is 42.6 Å². The third-order valence-electron chi connectivity index (χ3n) is 6.09. The minimum Gasteiger partial charge on any atom is -0.462 e. The van der Waals surface area contributed by atoms with Gasteiger partial charge in [0.15, 0.2) is 0 Å². The van der Waals surface area contributed by atoms with Crippen LogP contribution in [0.4, 0.5) is 0 Å². The van der Waals surface area contributed by atoms with E-state index in [9.17, 15) is 28.8 Å². The zero-order chi connectivity index (χ0) is 46.7. The molecule has 15 nitrogen and oxygen atoms in total. The molecule has 0 aliphatic carbocycles. The highest BCUT2D eigenvalue weighted by atomic mass is 16.6. The third-order valence-corrected chi connectivity index (χ3v) is 6.09. The van der Waals surface area contributed by atoms with Gasteiger partial charge in [0.25, 0.3) is 0 Å². The maximum atomic E-state index is 11.0. The average molecular weight is 855 g/mol. The van der Waals surface area contributed by atoms with Gasteiger partial charge in [0.05, 0.1) is 39.6 Å². The molecule has 0 spiro atoms. The van der Waals surface area contributed by atoms with Crippen molar-refractivity contribution in [2.45, 2.75) is 100 Å². The Kier molecular flexibility index (Phi) is 45.0. The van der Waals surface area contributed by atoms with Crippen molar-refractivity contribution in [3.8, 4) is 0 Å². The van der Waals surface area contributed by atoms with E-state index in [1.54, 1.807) is 41.5 Å². The molecule has 0 N–H and O–H groups in total. The standard InChI is InChI=1S/3C14H22O5.C3H8/c3*1-11(2)13(15)18-9-5-7-17-8-6-10-19-14(16)12(3)4;1-3-2/h3*1,3,5-10H2,2,4H3;3H2,1-2H3. The van der Waals surface area contributed by atoms with E-state index in [2.05, 4.69) is 53.3 Å². The van der Waals surface area contributed by atoms with Crippen LogP contribution >= 0.6 is 0 Å². The number of rotatable bonds is 30. The second-order valence-electron chi connectivity index (χ2n) is 13.2. The summed E-state index contributed by atoms with van der Waals surface area (Å²) in [7, 11) is 0. The molecule has 60 heavy (non-hydrogen) atoms. The van der Waals surface area contributed by atoms with Gasteiger partial charge >= 0.3 is 35.8 Å². The molecule has 0 aliphatic heterocycles. The molecule has 0 atom stereocenters. The summed E-state index contributed by atoms with van der Waals surface area (Å²) >= 11 is 0. The third kappa shape index (κ3) is 47.5. The van der Waals surface area contributed by atoms with Gasteiger partial charge in [-0.3, -0.25) is 0 Å². The Labute approximate surface area is 359 Å². The summed E-state index contributed by atoms with van der Waals surface area (Å²) in [4.78, 5) is 66.1. The lowest BCUT2D eigenvalue weighted by Crippen LogP contribution is -2.10. The van der Waals surface area contributed by atoms with Gasteiger partial charge in [-0.1, -0.05) is 59.7 Å². The van der Waals surface area contributed by atoms with Crippen LogP contribution in [0.15, 0.2) is 72.9 Å². The smallest absolute Gasteiger partial charge is 0.333 e. The van der Waals surface area contributed by atoms with Gasteiger partial charge in [0, 0.05) is 112 Å². The Balaban J connectivity index is -0.000000379. The van der Waals surface area contributed by atoms with Gasteiger partial charge in [-0.25, -0.2) is 28.8 Å². The molecule has 0 heterocycles. The Morgan fingerprint density at radius 1 is 0.283 bits per heavy atom. The molecule has 0 aromatic carbocycles. The van der Waals surface area contributed by atoms with Crippen molar-refractivity contribution in [2.75, 3.05) is 79.3 Å². The first kappa shape index (κ1) is 61.8. The number of carbonyl (C=O) groups is 6. The predicted molar refractivity (Wildman–Crippen MR) is 231 cm³/mol. The summed E-state index contributed by atoms with van der Waals surface area (Å²) in [5.41, 5.74) is 2.33. The monoisotopic (exact) mass is 855 g/mol. The molecule has 0 aromatic heterocycles. The van der Waals surface area contributed by atoms with Crippen molar-refractivity contribution in [3.63, 3.8) is 0 Å². The highest BCUT2D eigenvalue weighted by Crippen LogP contribution is 1.99. The van der Waals surface area contributed by atoms with E-state index in [0.717, 1.165) is 0 Å². The van der Waals surface area contributed by atoms with Crippen LogP contribution in [0.25, 0.3) is 0 Å². The van der Waals surface area contributed by atoms with E-state index >= 15 is 0 Å². The molecular formula is C45H74O15. The molecule has 344 valence electrons. The van der Waals surface area contributed by atoms with Crippen LogP contribution in [0.2, 0.25) is 0 Å². The first-order valence-electron chi connectivity index (χ1n) is 19.9. The largest absolute Gasteiger partial charge is 0.462 e. The van der Waals surface area contributed by atoms with Crippen LogP contribution < -0.4 is 0 Å². The first-order chi connectivity index (χ1) is 28.3. The van der Waals surface area contributed by atoms with Crippen molar-refractivity contribution in [2.24, 2.45) is 0 Å². The van der Waals surface area contributed by atoms with Gasteiger partial charge in [-0.2, -0.15) is 0 Å². The Morgan fingerprint density at radius 2 is 0.400 bits per heavy atom. The molecule has 0 rings (SSSR count). The number of esters is 6. The molecule has 0 radical (unpaired) electrons. The second kappa shape index (κ2) is 43.7. The van der Waals surface area contributed by atoms with Crippen molar-refractivity contribution in [1.82, 2.24) is 0 Å². The lowest BCUT2D eigenvalue weighted by Gasteiger charge is -2.06. The molecule has 0 aliphatic rings. The van der Waals surface area contributed by atoms with E-state index in [0.29, 0.717) is 151 Å². The van der Waals surface area contributed by atoms with E-state index < -0.39 is 0 Å². The summed E-state index contributed by atoms with van der Waals surface area (Å²) in [6, 6.07) is 0. The topological polar surface area (TPSA) is 185 Å². The van der Waals surface area contributed by atoms with Crippen molar-refractivity contribution in [1.29, 1.82) is 0 Å². The number of ether oxygens (including phenoxy) is 9. The SMILES string of the molecule is C=C(C)C(=O)OCCCOCCCOC(=O)C(=C)C.C=C(C)C(=O)OCCCOCCCOC(=O)C(=C)C.C=C(C)C(=O)OCCCOCCCOC(=O)C(=C)C.CCC. The highest BCUT2D eigenvalue weighted by Gasteiger charge is 2.06. The maximum Gasteiger partial charge on any atom is 0.333 e. The van der Waals surface area contributed by atoms with Gasteiger partial charge in [0.1, 0.15) is 0 Å². The predicted octanol–water partition coefficient (Wildman–Crippen LogP) is 7.48. The molecule has 0 saturated heterocycles. The molecule has 15 heteroatoms. The van der Waals surface area contributed by atoms with Crippen molar-refractivity contribution >= 4 is 35.8 Å². The fourth-order valence-electron chi connectivity index (χ4n) is 3.00. The summed E-state index contributed by atoms with van der Waals surface area (Å²) in [6.45, 7) is 39.6. The van der Waals surface area contributed by atoms with E-state index in [4.69, 9.17) is 42.6 Å². The zero-order valence-electron chi connectivity index (χ0n) is 37.8. The number of hydrogen-bond donors (Lipinski definition) is 0. The lowest BCUT2D eigenvalue weighted by molar-refractivity contribution is -0.140. The van der Waals surface area contributed by atoms with Crippen molar-refractivity contribution < 1.29 is 71.4 Å². The van der Waals surface area contributed by atoms with Crippen LogP contribution in [-0.2, 0) is 71.4 Å². The van der Waals surface area contributed by atoms with E-state index in [1.165, 1.54) is 6.42 Å². The van der Waals surface area contributed by atoms with E-state index in [1.807, 2.05) is 0 Å². The first-order valence-corrected chi connectivity index (χ1v) is 19.9. The van der Waals surface area contributed by atoms with Crippen LogP contribution in [0, 0.1) is 0 Å². The molecule has 0 bridgehead atoms. The maximum absolute atomic E-state index is 11.0. The molecular weight excluding hydrogens is 780 g/mol. The van der Waals surface area contributed by atoms with Crippen molar-refractivity contribution in [3.05, 3.63) is 72.9 Å².